The number of halogens is 1. The average Bonchev–Trinajstić information content (AvgIpc) is 2.73. The molecule has 0 radical (unpaired) electrons. The van der Waals surface area contributed by atoms with Crippen molar-refractivity contribution in [2.45, 2.75) is 18.9 Å². The summed E-state index contributed by atoms with van der Waals surface area (Å²) in [6.07, 6.45) is 2.02. The Morgan fingerprint density at radius 2 is 1.72 bits per heavy atom. The standard InChI is InChI=1S/C15H14ClNO/c16-12-2-1-10-8-14(9-11(10)7-12)17-13-3-5-15(18)6-4-13/h1-7,14,17-18H,8-9H2. The Morgan fingerprint density at radius 1 is 1.00 bits per heavy atom. The number of hydrogen-bond donors (Lipinski definition) is 2. The van der Waals surface area contributed by atoms with Crippen molar-refractivity contribution >= 4 is 17.3 Å². The molecule has 0 heterocycles. The molecule has 0 saturated heterocycles. The summed E-state index contributed by atoms with van der Waals surface area (Å²) in [7, 11) is 0. The molecule has 2 aromatic carbocycles. The number of phenols is 1. The smallest absolute Gasteiger partial charge is 0.115 e. The fourth-order valence-electron chi connectivity index (χ4n) is 2.48. The van der Waals surface area contributed by atoms with E-state index in [9.17, 15) is 5.11 Å². The van der Waals surface area contributed by atoms with Crippen molar-refractivity contribution in [2.75, 3.05) is 5.32 Å². The van der Waals surface area contributed by atoms with Crippen LogP contribution in [0.25, 0.3) is 0 Å². The minimum absolute atomic E-state index is 0.294. The van der Waals surface area contributed by atoms with Gasteiger partial charge in [0.05, 0.1) is 0 Å². The third-order valence-electron chi connectivity index (χ3n) is 3.34. The van der Waals surface area contributed by atoms with Crippen molar-refractivity contribution in [1.82, 2.24) is 0 Å². The number of nitrogens with one attached hydrogen (secondary N) is 1. The number of phenolic OH excluding ortho intramolecular Hbond substituents is 1. The van der Waals surface area contributed by atoms with E-state index < -0.39 is 0 Å². The molecule has 0 aliphatic heterocycles. The highest BCUT2D eigenvalue weighted by Crippen LogP contribution is 2.27. The molecular formula is C15H14ClNO. The SMILES string of the molecule is Oc1ccc(NC2Cc3ccc(Cl)cc3C2)cc1. The Kier molecular flexibility index (Phi) is 2.88. The second kappa shape index (κ2) is 4.54. The summed E-state index contributed by atoms with van der Waals surface area (Å²) in [4.78, 5) is 0. The molecule has 0 aromatic heterocycles. The fraction of sp³-hybridized carbons (Fsp3) is 0.200. The molecular weight excluding hydrogens is 246 g/mol. The highest BCUT2D eigenvalue weighted by molar-refractivity contribution is 6.30. The maximum atomic E-state index is 9.25. The molecule has 92 valence electrons. The van der Waals surface area contributed by atoms with Crippen molar-refractivity contribution in [3.63, 3.8) is 0 Å². The summed E-state index contributed by atoms with van der Waals surface area (Å²) >= 11 is 6.00. The molecule has 2 N–H and O–H groups in total. The third-order valence-corrected chi connectivity index (χ3v) is 3.57. The van der Waals surface area contributed by atoms with Crippen LogP contribution in [0.2, 0.25) is 5.02 Å². The quantitative estimate of drug-likeness (QED) is 0.808. The number of fused-ring (bicyclic) bond motifs is 1. The number of hydrogen-bond acceptors (Lipinski definition) is 2. The first-order chi connectivity index (χ1) is 8.70. The lowest BCUT2D eigenvalue weighted by molar-refractivity contribution is 0.475. The second-order valence-electron chi connectivity index (χ2n) is 4.71. The van der Waals surface area contributed by atoms with Gasteiger partial charge in [0.1, 0.15) is 5.75 Å². The second-order valence-corrected chi connectivity index (χ2v) is 5.15. The van der Waals surface area contributed by atoms with Crippen LogP contribution in [0.15, 0.2) is 42.5 Å². The Hall–Kier alpha value is -1.67. The maximum Gasteiger partial charge on any atom is 0.115 e. The highest BCUT2D eigenvalue weighted by Gasteiger charge is 2.21. The van der Waals surface area contributed by atoms with Crippen LogP contribution in [0.5, 0.6) is 5.75 Å². The van der Waals surface area contributed by atoms with E-state index in [-0.39, 0.29) is 0 Å². The molecule has 0 spiro atoms. The molecule has 1 aliphatic carbocycles. The van der Waals surface area contributed by atoms with Gasteiger partial charge in [-0.15, -0.1) is 0 Å². The van der Waals surface area contributed by atoms with Gasteiger partial charge in [0, 0.05) is 16.8 Å². The van der Waals surface area contributed by atoms with E-state index >= 15 is 0 Å². The van der Waals surface area contributed by atoms with Gasteiger partial charge in [-0.25, -0.2) is 0 Å². The van der Waals surface area contributed by atoms with Crippen LogP contribution in [0.3, 0.4) is 0 Å². The van der Waals surface area contributed by atoms with Crippen molar-refractivity contribution in [3.8, 4) is 5.75 Å². The first kappa shape index (κ1) is 11.4. The molecule has 0 amide bonds. The van der Waals surface area contributed by atoms with Crippen LogP contribution >= 0.6 is 11.6 Å². The van der Waals surface area contributed by atoms with Crippen molar-refractivity contribution in [3.05, 3.63) is 58.6 Å². The Balaban J connectivity index is 1.72. The van der Waals surface area contributed by atoms with E-state index in [4.69, 9.17) is 11.6 Å². The molecule has 2 nitrogen and oxygen atoms in total. The van der Waals surface area contributed by atoms with Gasteiger partial charge >= 0.3 is 0 Å². The molecule has 0 fully saturated rings. The third kappa shape index (κ3) is 2.29. The minimum Gasteiger partial charge on any atom is -0.508 e. The highest BCUT2D eigenvalue weighted by atomic mass is 35.5. The summed E-state index contributed by atoms with van der Waals surface area (Å²) in [6.45, 7) is 0. The first-order valence-corrected chi connectivity index (χ1v) is 6.41. The van der Waals surface area contributed by atoms with Crippen LogP contribution in [0.4, 0.5) is 5.69 Å². The summed E-state index contributed by atoms with van der Waals surface area (Å²) in [5, 5.41) is 13.5. The zero-order valence-electron chi connectivity index (χ0n) is 9.86. The van der Waals surface area contributed by atoms with Gasteiger partial charge in [-0.3, -0.25) is 0 Å². The lowest BCUT2D eigenvalue weighted by atomic mass is 10.1. The molecule has 3 rings (SSSR count). The average molecular weight is 260 g/mol. The Morgan fingerprint density at radius 3 is 2.50 bits per heavy atom. The zero-order chi connectivity index (χ0) is 12.5. The molecule has 0 saturated carbocycles. The molecule has 1 aliphatic rings. The predicted molar refractivity (Wildman–Crippen MR) is 74.4 cm³/mol. The van der Waals surface area contributed by atoms with Gasteiger partial charge in [-0.05, 0) is 60.4 Å². The van der Waals surface area contributed by atoms with E-state index in [0.29, 0.717) is 11.8 Å². The zero-order valence-corrected chi connectivity index (χ0v) is 10.6. The topological polar surface area (TPSA) is 32.3 Å². The molecule has 1 atom stereocenters. The molecule has 0 bridgehead atoms. The van der Waals surface area contributed by atoms with Crippen molar-refractivity contribution < 1.29 is 5.11 Å². The monoisotopic (exact) mass is 259 g/mol. The van der Waals surface area contributed by atoms with Crippen LogP contribution in [-0.4, -0.2) is 11.1 Å². The molecule has 18 heavy (non-hydrogen) atoms. The van der Waals surface area contributed by atoms with E-state index in [1.807, 2.05) is 18.2 Å². The van der Waals surface area contributed by atoms with Crippen LogP contribution < -0.4 is 5.32 Å². The lowest BCUT2D eigenvalue weighted by Crippen LogP contribution is -2.19. The molecule has 1 unspecified atom stereocenters. The van der Waals surface area contributed by atoms with Crippen molar-refractivity contribution in [1.29, 1.82) is 0 Å². The number of benzene rings is 2. The maximum absolute atomic E-state index is 9.25. The van der Waals surface area contributed by atoms with Crippen LogP contribution in [0.1, 0.15) is 11.1 Å². The molecule has 2 aromatic rings. The number of anilines is 1. The van der Waals surface area contributed by atoms with Gasteiger partial charge in [0.25, 0.3) is 0 Å². The molecule has 3 heteroatoms. The predicted octanol–water partition coefficient (Wildman–Crippen LogP) is 3.62. The Bertz CT molecular complexity index is 565. The van der Waals surface area contributed by atoms with E-state index in [1.165, 1.54) is 11.1 Å². The van der Waals surface area contributed by atoms with Gasteiger partial charge in [-0.1, -0.05) is 17.7 Å². The van der Waals surface area contributed by atoms with E-state index in [2.05, 4.69) is 17.4 Å². The Labute approximate surface area is 111 Å². The van der Waals surface area contributed by atoms with E-state index in [0.717, 1.165) is 23.6 Å². The van der Waals surface area contributed by atoms with E-state index in [1.54, 1.807) is 12.1 Å². The summed E-state index contributed by atoms with van der Waals surface area (Å²) in [5.41, 5.74) is 3.74. The van der Waals surface area contributed by atoms with Gasteiger partial charge in [0.15, 0.2) is 0 Å². The summed E-state index contributed by atoms with van der Waals surface area (Å²) < 4.78 is 0. The normalized spacial score (nSPS) is 17.5. The summed E-state index contributed by atoms with van der Waals surface area (Å²) in [6, 6.07) is 13.7. The van der Waals surface area contributed by atoms with Gasteiger partial charge in [0.2, 0.25) is 0 Å². The lowest BCUT2D eigenvalue weighted by Gasteiger charge is -2.13. The van der Waals surface area contributed by atoms with Gasteiger partial charge in [-0.2, -0.15) is 0 Å². The number of rotatable bonds is 2. The van der Waals surface area contributed by atoms with Gasteiger partial charge < -0.3 is 10.4 Å². The fourth-order valence-corrected chi connectivity index (χ4v) is 2.68. The van der Waals surface area contributed by atoms with Crippen molar-refractivity contribution in [2.24, 2.45) is 0 Å². The van der Waals surface area contributed by atoms with Crippen LogP contribution in [-0.2, 0) is 12.8 Å². The summed E-state index contributed by atoms with van der Waals surface area (Å²) in [5.74, 6) is 0.294. The minimum atomic E-state index is 0.294. The number of aromatic hydroxyl groups is 1. The largest absolute Gasteiger partial charge is 0.508 e. The first-order valence-electron chi connectivity index (χ1n) is 6.03. The van der Waals surface area contributed by atoms with Crippen LogP contribution in [0, 0.1) is 0 Å².